The number of aliphatic hydroxyl groups excluding tert-OH is 2. The molecule has 0 aromatic heterocycles. The zero-order valence-corrected chi connectivity index (χ0v) is 12.0. The van der Waals surface area contributed by atoms with Crippen LogP contribution in [-0.4, -0.2) is 41.8 Å². The van der Waals surface area contributed by atoms with Crippen molar-refractivity contribution in [1.82, 2.24) is 5.32 Å². The quantitative estimate of drug-likeness (QED) is 0.432. The molecule has 0 aliphatic rings. The third-order valence-electron chi connectivity index (χ3n) is 3.04. The number of carbonyl (C=O) groups excluding carboxylic acids is 2. The van der Waals surface area contributed by atoms with Gasteiger partial charge in [0.15, 0.2) is 0 Å². The van der Waals surface area contributed by atoms with Crippen LogP contribution in [0.25, 0.3) is 0 Å². The molecule has 1 aromatic rings. The molecule has 0 spiro atoms. The molecular weight excluding hydrogens is 276 g/mol. The van der Waals surface area contributed by atoms with E-state index in [2.05, 4.69) is 10.1 Å². The van der Waals surface area contributed by atoms with Gasteiger partial charge >= 0.3 is 5.97 Å². The van der Waals surface area contributed by atoms with Crippen molar-refractivity contribution < 1.29 is 24.5 Å². The van der Waals surface area contributed by atoms with Crippen LogP contribution in [0, 0.1) is 0 Å². The summed E-state index contributed by atoms with van der Waals surface area (Å²) in [6, 6.07) is 4.54. The highest BCUT2D eigenvalue weighted by Crippen LogP contribution is 2.27. The highest BCUT2D eigenvalue weighted by molar-refractivity contribution is 5.95. The van der Waals surface area contributed by atoms with Crippen LogP contribution < -0.4 is 11.1 Å². The number of amides is 1. The molecule has 1 amide bonds. The van der Waals surface area contributed by atoms with Gasteiger partial charge in [0, 0.05) is 19.0 Å². The van der Waals surface area contributed by atoms with Crippen LogP contribution in [0.15, 0.2) is 18.2 Å². The van der Waals surface area contributed by atoms with Crippen molar-refractivity contribution in [3.63, 3.8) is 0 Å². The first kappa shape index (κ1) is 16.9. The van der Waals surface area contributed by atoms with E-state index in [1.807, 2.05) is 0 Å². The lowest BCUT2D eigenvalue weighted by Gasteiger charge is -2.20. The zero-order valence-electron chi connectivity index (χ0n) is 12.0. The predicted molar refractivity (Wildman–Crippen MR) is 76.5 cm³/mol. The van der Waals surface area contributed by atoms with Crippen molar-refractivity contribution >= 4 is 17.6 Å². The molecule has 0 heterocycles. The molecule has 5 N–H and O–H groups in total. The van der Waals surface area contributed by atoms with E-state index in [4.69, 9.17) is 5.73 Å². The molecule has 0 fully saturated rings. The number of aliphatic hydroxyl groups is 2. The monoisotopic (exact) mass is 296 g/mol. The molecule has 0 radical (unpaired) electrons. The molecule has 116 valence electrons. The Morgan fingerprint density at radius 3 is 2.62 bits per heavy atom. The van der Waals surface area contributed by atoms with E-state index in [9.17, 15) is 19.8 Å². The normalized spacial score (nSPS) is 13.3. The van der Waals surface area contributed by atoms with E-state index in [1.54, 1.807) is 6.07 Å². The molecule has 0 aliphatic carbocycles. The Labute approximate surface area is 122 Å². The maximum atomic E-state index is 11.5. The number of esters is 1. The Balaban J connectivity index is 2.84. The number of nitrogens with one attached hydrogen (secondary N) is 1. The molecule has 0 bridgehead atoms. The lowest BCUT2D eigenvalue weighted by molar-refractivity contribution is -0.119. The molecule has 1 rings (SSSR count). The topological polar surface area (TPSA) is 122 Å². The predicted octanol–water partition coefficient (Wildman–Crippen LogP) is -0.0241. The van der Waals surface area contributed by atoms with Crippen LogP contribution in [0.3, 0.4) is 0 Å². The van der Waals surface area contributed by atoms with Crippen LogP contribution in [0.4, 0.5) is 5.69 Å². The highest BCUT2D eigenvalue weighted by atomic mass is 16.5. The molecule has 0 aliphatic heterocycles. The third-order valence-corrected chi connectivity index (χ3v) is 3.04. The second-order valence-electron chi connectivity index (χ2n) is 4.58. The van der Waals surface area contributed by atoms with Crippen molar-refractivity contribution in [3.05, 3.63) is 29.3 Å². The Hall–Kier alpha value is -2.12. The fourth-order valence-electron chi connectivity index (χ4n) is 1.89. The molecule has 0 saturated carbocycles. The first-order valence-electron chi connectivity index (χ1n) is 6.45. The van der Waals surface area contributed by atoms with Crippen LogP contribution in [-0.2, 0) is 9.53 Å². The van der Waals surface area contributed by atoms with Crippen LogP contribution >= 0.6 is 0 Å². The van der Waals surface area contributed by atoms with Gasteiger partial charge in [0.2, 0.25) is 5.91 Å². The number of nitrogens with two attached hydrogens (primary N) is 1. The number of hydrogen-bond acceptors (Lipinski definition) is 6. The minimum atomic E-state index is -1.26. The first-order valence-corrected chi connectivity index (χ1v) is 6.45. The Morgan fingerprint density at radius 1 is 1.38 bits per heavy atom. The van der Waals surface area contributed by atoms with E-state index in [0.717, 1.165) is 0 Å². The Kier molecular flexibility index (Phi) is 6.13. The largest absolute Gasteiger partial charge is 0.465 e. The summed E-state index contributed by atoms with van der Waals surface area (Å²) in [4.78, 5) is 22.3. The summed E-state index contributed by atoms with van der Waals surface area (Å²) in [5, 5.41) is 22.6. The number of nitrogen functional groups attached to an aromatic ring is 1. The number of methoxy groups -OCH3 is 1. The second-order valence-corrected chi connectivity index (χ2v) is 4.58. The average Bonchev–Trinajstić information content (AvgIpc) is 2.45. The van der Waals surface area contributed by atoms with Crippen molar-refractivity contribution in [3.8, 4) is 0 Å². The van der Waals surface area contributed by atoms with Gasteiger partial charge < -0.3 is 26.0 Å². The maximum absolute atomic E-state index is 11.5. The molecule has 2 unspecified atom stereocenters. The Morgan fingerprint density at radius 2 is 2.05 bits per heavy atom. The van der Waals surface area contributed by atoms with Crippen molar-refractivity contribution in [2.75, 3.05) is 19.4 Å². The van der Waals surface area contributed by atoms with E-state index >= 15 is 0 Å². The van der Waals surface area contributed by atoms with Gasteiger partial charge in [-0.3, -0.25) is 4.79 Å². The minimum absolute atomic E-state index is 0.0652. The second kappa shape index (κ2) is 7.61. The Bertz CT molecular complexity index is 518. The molecule has 1 aromatic carbocycles. The standard InChI is InChI=1S/C14H20N2O5/c1-8(17)16-7-6-11(18)13(19)9-4-3-5-10(12(9)15)14(20)21-2/h3-5,11,13,18-19H,6-7,15H2,1-2H3,(H,16,17). The summed E-state index contributed by atoms with van der Waals surface area (Å²) in [5.74, 6) is -0.835. The van der Waals surface area contributed by atoms with Crippen molar-refractivity contribution in [2.45, 2.75) is 25.6 Å². The summed E-state index contributed by atoms with van der Waals surface area (Å²) < 4.78 is 4.59. The molecule has 7 heteroatoms. The van der Waals surface area contributed by atoms with E-state index in [0.29, 0.717) is 0 Å². The number of ether oxygens (including phenoxy) is 1. The molecule has 0 saturated heterocycles. The van der Waals surface area contributed by atoms with Gasteiger partial charge in [-0.15, -0.1) is 0 Å². The van der Waals surface area contributed by atoms with Crippen LogP contribution in [0.2, 0.25) is 0 Å². The van der Waals surface area contributed by atoms with Crippen molar-refractivity contribution in [1.29, 1.82) is 0 Å². The summed E-state index contributed by atoms with van der Waals surface area (Å²) in [6.45, 7) is 1.59. The van der Waals surface area contributed by atoms with E-state index in [1.165, 1.54) is 26.2 Å². The average molecular weight is 296 g/mol. The lowest BCUT2D eigenvalue weighted by Crippen LogP contribution is -2.28. The minimum Gasteiger partial charge on any atom is -0.465 e. The number of carbonyl (C=O) groups is 2. The molecular formula is C14H20N2O5. The van der Waals surface area contributed by atoms with Gasteiger partial charge in [-0.1, -0.05) is 12.1 Å². The van der Waals surface area contributed by atoms with Gasteiger partial charge in [0.1, 0.15) is 6.10 Å². The third kappa shape index (κ3) is 4.44. The summed E-state index contributed by atoms with van der Waals surface area (Å²) in [6.07, 6.45) is -2.22. The lowest BCUT2D eigenvalue weighted by atomic mass is 9.97. The van der Waals surface area contributed by atoms with Gasteiger partial charge in [0.05, 0.1) is 24.5 Å². The SMILES string of the molecule is COC(=O)c1cccc(C(O)C(O)CCNC(C)=O)c1N. The number of rotatable bonds is 6. The van der Waals surface area contributed by atoms with E-state index in [-0.39, 0.29) is 35.7 Å². The number of para-hydroxylation sites is 1. The van der Waals surface area contributed by atoms with Crippen LogP contribution in [0.5, 0.6) is 0 Å². The molecule has 7 nitrogen and oxygen atoms in total. The smallest absolute Gasteiger partial charge is 0.339 e. The first-order chi connectivity index (χ1) is 9.88. The number of anilines is 1. The van der Waals surface area contributed by atoms with Crippen molar-refractivity contribution in [2.24, 2.45) is 0 Å². The van der Waals surface area contributed by atoms with Gasteiger partial charge in [-0.05, 0) is 12.5 Å². The fraction of sp³-hybridized carbons (Fsp3) is 0.429. The van der Waals surface area contributed by atoms with Gasteiger partial charge in [-0.25, -0.2) is 4.79 Å². The molecule has 2 atom stereocenters. The highest BCUT2D eigenvalue weighted by Gasteiger charge is 2.23. The van der Waals surface area contributed by atoms with Crippen LogP contribution in [0.1, 0.15) is 35.4 Å². The molecule has 21 heavy (non-hydrogen) atoms. The van der Waals surface area contributed by atoms with Gasteiger partial charge in [0.25, 0.3) is 0 Å². The number of hydrogen-bond donors (Lipinski definition) is 4. The van der Waals surface area contributed by atoms with Gasteiger partial charge in [-0.2, -0.15) is 0 Å². The zero-order chi connectivity index (χ0) is 16.0. The summed E-state index contributed by atoms with van der Waals surface area (Å²) in [7, 11) is 1.23. The maximum Gasteiger partial charge on any atom is 0.339 e. The summed E-state index contributed by atoms with van der Waals surface area (Å²) in [5.41, 5.74) is 6.27. The fourth-order valence-corrected chi connectivity index (χ4v) is 1.89. The van der Waals surface area contributed by atoms with E-state index < -0.39 is 18.2 Å². The number of benzene rings is 1. The summed E-state index contributed by atoms with van der Waals surface area (Å²) >= 11 is 0.